The molecule has 19 heavy (non-hydrogen) atoms. The molecule has 0 aliphatic heterocycles. The molecule has 0 spiro atoms. The molecule has 0 N–H and O–H groups in total. The minimum absolute atomic E-state index is 0.771. The second-order valence-electron chi connectivity index (χ2n) is 4.35. The van der Waals surface area contributed by atoms with E-state index in [1.165, 1.54) is 5.56 Å². The van der Waals surface area contributed by atoms with Gasteiger partial charge in [-0.25, -0.2) is 0 Å². The quantitative estimate of drug-likeness (QED) is 0.575. The van der Waals surface area contributed by atoms with Crippen molar-refractivity contribution < 1.29 is 0 Å². The molecule has 3 rings (SSSR count). The van der Waals surface area contributed by atoms with Crippen LogP contribution in [0.5, 0.6) is 0 Å². The Bertz CT molecular complexity index is 673. The van der Waals surface area contributed by atoms with Crippen molar-refractivity contribution >= 4 is 11.6 Å². The minimum atomic E-state index is 0.771. The summed E-state index contributed by atoms with van der Waals surface area (Å²) in [5.74, 6) is 0. The second kappa shape index (κ2) is 5.29. The number of hydrogen-bond acceptors (Lipinski definition) is 0. The first kappa shape index (κ1) is 12.0. The van der Waals surface area contributed by atoms with Crippen LogP contribution in [0.15, 0.2) is 72.8 Å². The van der Waals surface area contributed by atoms with Gasteiger partial charge in [0.1, 0.15) is 0 Å². The number of hydrogen-bond donors (Lipinski definition) is 0. The second-order valence-corrected chi connectivity index (χ2v) is 4.76. The van der Waals surface area contributed by atoms with Crippen molar-refractivity contribution in [3.8, 4) is 22.3 Å². The molecule has 0 saturated carbocycles. The third-order valence-electron chi connectivity index (χ3n) is 3.11. The van der Waals surface area contributed by atoms with Gasteiger partial charge in [0.2, 0.25) is 0 Å². The summed E-state index contributed by atoms with van der Waals surface area (Å²) in [4.78, 5) is 0. The monoisotopic (exact) mass is 263 g/mol. The molecule has 0 nitrogen and oxygen atoms in total. The summed E-state index contributed by atoms with van der Waals surface area (Å²) in [6.45, 7) is 0. The van der Waals surface area contributed by atoms with Gasteiger partial charge >= 0.3 is 0 Å². The topological polar surface area (TPSA) is 0 Å². The lowest BCUT2D eigenvalue weighted by Gasteiger charge is -2.07. The maximum atomic E-state index is 6.40. The zero-order valence-corrected chi connectivity index (χ0v) is 11.1. The number of rotatable bonds is 2. The Morgan fingerprint density at radius 3 is 2.11 bits per heavy atom. The summed E-state index contributed by atoms with van der Waals surface area (Å²) in [6.07, 6.45) is 0. The molecule has 0 aromatic heterocycles. The molecule has 0 fully saturated rings. The highest BCUT2D eigenvalue weighted by atomic mass is 35.5. The molecule has 0 aliphatic carbocycles. The predicted octanol–water partition coefficient (Wildman–Crippen LogP) is 5.47. The van der Waals surface area contributed by atoms with Crippen molar-refractivity contribution in [2.45, 2.75) is 0 Å². The minimum Gasteiger partial charge on any atom is -0.0836 e. The number of halogens is 1. The first-order chi connectivity index (χ1) is 9.34. The molecular formula is C18H12Cl. The van der Waals surface area contributed by atoms with Crippen LogP contribution >= 0.6 is 11.6 Å². The van der Waals surface area contributed by atoms with E-state index in [1.807, 2.05) is 48.5 Å². The fourth-order valence-corrected chi connectivity index (χ4v) is 2.42. The largest absolute Gasteiger partial charge is 0.0836 e. The fourth-order valence-electron chi connectivity index (χ4n) is 2.13. The van der Waals surface area contributed by atoms with Gasteiger partial charge in [-0.05, 0) is 28.8 Å². The molecule has 0 unspecified atom stereocenters. The lowest BCUT2D eigenvalue weighted by atomic mass is 10.0. The lowest BCUT2D eigenvalue weighted by molar-refractivity contribution is 1.58. The van der Waals surface area contributed by atoms with Crippen LogP contribution in [-0.2, 0) is 0 Å². The van der Waals surface area contributed by atoms with Crippen molar-refractivity contribution in [3.63, 3.8) is 0 Å². The van der Waals surface area contributed by atoms with Crippen LogP contribution in [0.25, 0.3) is 22.3 Å². The van der Waals surface area contributed by atoms with Gasteiger partial charge in [0.05, 0.1) is 0 Å². The van der Waals surface area contributed by atoms with Crippen molar-refractivity contribution in [2.75, 3.05) is 0 Å². The Hall–Kier alpha value is -2.05. The molecule has 0 atom stereocenters. The van der Waals surface area contributed by atoms with E-state index in [2.05, 4.69) is 30.3 Å². The maximum Gasteiger partial charge on any atom is 0.0490 e. The molecule has 3 aromatic rings. The van der Waals surface area contributed by atoms with Crippen LogP contribution in [-0.4, -0.2) is 0 Å². The average Bonchev–Trinajstić information content (AvgIpc) is 2.49. The molecule has 0 aliphatic rings. The highest BCUT2D eigenvalue weighted by Crippen LogP contribution is 2.31. The van der Waals surface area contributed by atoms with Crippen LogP contribution in [0, 0.1) is 6.07 Å². The van der Waals surface area contributed by atoms with Crippen molar-refractivity contribution in [3.05, 3.63) is 83.9 Å². The Labute approximate surface area is 118 Å². The van der Waals surface area contributed by atoms with Gasteiger partial charge in [-0.3, -0.25) is 0 Å². The Morgan fingerprint density at radius 1 is 0.684 bits per heavy atom. The highest BCUT2D eigenvalue weighted by Gasteiger charge is 2.05. The van der Waals surface area contributed by atoms with E-state index in [0.29, 0.717) is 0 Å². The van der Waals surface area contributed by atoms with E-state index in [-0.39, 0.29) is 0 Å². The first-order valence-corrected chi connectivity index (χ1v) is 6.54. The van der Waals surface area contributed by atoms with E-state index in [0.717, 1.165) is 21.7 Å². The van der Waals surface area contributed by atoms with E-state index >= 15 is 0 Å². The Balaban J connectivity index is 2.04. The zero-order valence-electron chi connectivity index (χ0n) is 10.3. The van der Waals surface area contributed by atoms with Crippen molar-refractivity contribution in [1.29, 1.82) is 0 Å². The van der Waals surface area contributed by atoms with E-state index in [9.17, 15) is 0 Å². The molecule has 3 aromatic carbocycles. The number of benzene rings is 3. The Morgan fingerprint density at radius 2 is 1.42 bits per heavy atom. The van der Waals surface area contributed by atoms with Gasteiger partial charge in [0, 0.05) is 10.6 Å². The predicted molar refractivity (Wildman–Crippen MR) is 81.2 cm³/mol. The van der Waals surface area contributed by atoms with E-state index in [4.69, 9.17) is 11.6 Å². The third-order valence-corrected chi connectivity index (χ3v) is 3.42. The van der Waals surface area contributed by atoms with Gasteiger partial charge in [-0.15, -0.1) is 0 Å². The summed E-state index contributed by atoms with van der Waals surface area (Å²) in [7, 11) is 0. The standard InChI is InChI=1S/C18H12Cl/c19-18-13-16(14-7-3-1-4-8-14)11-12-17(18)15-9-5-2-6-10-15/h1,3-13H. The molecule has 0 heterocycles. The molecule has 0 amide bonds. The van der Waals surface area contributed by atoms with Crippen LogP contribution in [0.1, 0.15) is 0 Å². The SMILES string of the molecule is Clc1cc(-c2ccccc2)ccc1-c1cc[c]cc1. The molecule has 1 heteroatoms. The lowest BCUT2D eigenvalue weighted by Crippen LogP contribution is -1.82. The van der Waals surface area contributed by atoms with Gasteiger partial charge < -0.3 is 0 Å². The van der Waals surface area contributed by atoms with Crippen LogP contribution in [0.3, 0.4) is 0 Å². The van der Waals surface area contributed by atoms with Gasteiger partial charge in [-0.2, -0.15) is 0 Å². The van der Waals surface area contributed by atoms with Crippen molar-refractivity contribution in [2.24, 2.45) is 0 Å². The van der Waals surface area contributed by atoms with Crippen molar-refractivity contribution in [1.82, 2.24) is 0 Å². The molecule has 1 radical (unpaired) electrons. The molecule has 91 valence electrons. The van der Waals surface area contributed by atoms with E-state index in [1.54, 1.807) is 0 Å². The summed E-state index contributed by atoms with van der Waals surface area (Å²) in [6, 6.07) is 27.3. The van der Waals surface area contributed by atoms with Gasteiger partial charge in [-0.1, -0.05) is 78.3 Å². The van der Waals surface area contributed by atoms with Gasteiger partial charge in [0.15, 0.2) is 0 Å². The highest BCUT2D eigenvalue weighted by molar-refractivity contribution is 6.33. The smallest absolute Gasteiger partial charge is 0.0490 e. The average molecular weight is 264 g/mol. The summed E-state index contributed by atoms with van der Waals surface area (Å²) in [5.41, 5.74) is 4.48. The van der Waals surface area contributed by atoms with Crippen LogP contribution < -0.4 is 0 Å². The maximum absolute atomic E-state index is 6.40. The van der Waals surface area contributed by atoms with E-state index < -0.39 is 0 Å². The fraction of sp³-hybridized carbons (Fsp3) is 0. The Kier molecular flexibility index (Phi) is 3.35. The summed E-state index contributed by atoms with van der Waals surface area (Å²) < 4.78 is 0. The summed E-state index contributed by atoms with van der Waals surface area (Å²) in [5, 5.41) is 0.771. The van der Waals surface area contributed by atoms with Crippen LogP contribution in [0.2, 0.25) is 5.02 Å². The van der Waals surface area contributed by atoms with Gasteiger partial charge in [0.25, 0.3) is 0 Å². The first-order valence-electron chi connectivity index (χ1n) is 6.16. The zero-order chi connectivity index (χ0) is 13.1. The normalized spacial score (nSPS) is 10.4. The summed E-state index contributed by atoms with van der Waals surface area (Å²) >= 11 is 6.40. The molecule has 0 saturated heterocycles. The molecule has 0 bridgehead atoms. The molecular weight excluding hydrogens is 252 g/mol. The van der Waals surface area contributed by atoms with Crippen LogP contribution in [0.4, 0.5) is 0 Å². The third kappa shape index (κ3) is 2.54.